The number of thioether (sulfide) groups is 2. The number of hydrogen-bond acceptors (Lipinski definition) is 4. The Bertz CT molecular complexity index is 297. The molecule has 1 aromatic rings. The molecule has 1 saturated heterocycles. The van der Waals surface area contributed by atoms with Crippen LogP contribution in [0.25, 0.3) is 0 Å². The number of hydrogen-bond donors (Lipinski definition) is 1. The molecule has 0 amide bonds. The smallest absolute Gasteiger partial charge is 0.110 e. The molecule has 1 aromatic heterocycles. The number of aryl methyl sites for hydroxylation is 1. The first-order valence-electron chi connectivity index (χ1n) is 4.64. The number of nitrogens with zero attached hydrogens (tertiary/aromatic N) is 2. The van der Waals surface area contributed by atoms with Crippen molar-refractivity contribution in [2.45, 2.75) is 11.4 Å². The Morgan fingerprint density at radius 2 is 2.50 bits per heavy atom. The Balaban J connectivity index is 2.03. The van der Waals surface area contributed by atoms with Crippen LogP contribution in [-0.2, 0) is 7.05 Å². The SMILES string of the molecule is Cn1ccc(C(O)C2CSCCS2)n1. The van der Waals surface area contributed by atoms with E-state index in [1.807, 2.05) is 42.8 Å². The molecule has 2 atom stereocenters. The van der Waals surface area contributed by atoms with Crippen LogP contribution in [0.3, 0.4) is 0 Å². The van der Waals surface area contributed by atoms with E-state index in [1.54, 1.807) is 4.68 Å². The van der Waals surface area contributed by atoms with Crippen molar-refractivity contribution in [3.63, 3.8) is 0 Å². The normalized spacial score (nSPS) is 24.9. The number of aliphatic hydroxyl groups is 1. The van der Waals surface area contributed by atoms with Gasteiger partial charge in [-0.3, -0.25) is 4.68 Å². The summed E-state index contributed by atoms with van der Waals surface area (Å²) in [7, 11) is 1.87. The van der Waals surface area contributed by atoms with Gasteiger partial charge in [-0.05, 0) is 6.07 Å². The average molecular weight is 230 g/mol. The monoisotopic (exact) mass is 230 g/mol. The van der Waals surface area contributed by atoms with Gasteiger partial charge in [-0.15, -0.1) is 0 Å². The van der Waals surface area contributed by atoms with E-state index >= 15 is 0 Å². The van der Waals surface area contributed by atoms with Crippen LogP contribution in [-0.4, -0.2) is 37.4 Å². The summed E-state index contributed by atoms with van der Waals surface area (Å²) in [6.07, 6.45) is 1.47. The number of aliphatic hydroxyl groups excluding tert-OH is 1. The quantitative estimate of drug-likeness (QED) is 0.831. The second-order valence-electron chi connectivity index (χ2n) is 3.34. The summed E-state index contributed by atoms with van der Waals surface area (Å²) in [6.45, 7) is 0. The summed E-state index contributed by atoms with van der Waals surface area (Å²) in [5, 5.41) is 14.6. The van der Waals surface area contributed by atoms with Crippen LogP contribution < -0.4 is 0 Å². The van der Waals surface area contributed by atoms with E-state index in [0.717, 1.165) is 17.2 Å². The van der Waals surface area contributed by atoms with Gasteiger partial charge in [0.05, 0.1) is 5.69 Å². The van der Waals surface area contributed by atoms with Gasteiger partial charge in [0.2, 0.25) is 0 Å². The van der Waals surface area contributed by atoms with Crippen LogP contribution >= 0.6 is 23.5 Å². The van der Waals surface area contributed by atoms with Crippen molar-refractivity contribution >= 4 is 23.5 Å². The Kier molecular flexibility index (Phi) is 3.41. The van der Waals surface area contributed by atoms with Crippen molar-refractivity contribution in [2.75, 3.05) is 17.3 Å². The van der Waals surface area contributed by atoms with E-state index in [4.69, 9.17) is 0 Å². The zero-order chi connectivity index (χ0) is 9.97. The Morgan fingerprint density at radius 3 is 3.07 bits per heavy atom. The second kappa shape index (κ2) is 4.59. The first-order valence-corrected chi connectivity index (χ1v) is 6.84. The summed E-state index contributed by atoms with van der Waals surface area (Å²) in [5.74, 6) is 3.37. The lowest BCUT2D eigenvalue weighted by Gasteiger charge is -2.24. The lowest BCUT2D eigenvalue weighted by Crippen LogP contribution is -2.22. The Morgan fingerprint density at radius 1 is 1.64 bits per heavy atom. The number of rotatable bonds is 2. The summed E-state index contributed by atoms with van der Waals surface area (Å²) < 4.78 is 1.74. The van der Waals surface area contributed by atoms with Crippen LogP contribution in [0.1, 0.15) is 11.8 Å². The van der Waals surface area contributed by atoms with Crippen molar-refractivity contribution in [3.8, 4) is 0 Å². The third-order valence-corrected chi connectivity index (χ3v) is 5.08. The number of aromatic nitrogens is 2. The summed E-state index contributed by atoms with van der Waals surface area (Å²) >= 11 is 3.77. The van der Waals surface area contributed by atoms with E-state index in [-0.39, 0.29) is 0 Å². The highest BCUT2D eigenvalue weighted by Gasteiger charge is 2.25. The fourth-order valence-corrected chi connectivity index (χ4v) is 4.21. The predicted molar refractivity (Wildman–Crippen MR) is 61.7 cm³/mol. The van der Waals surface area contributed by atoms with Crippen molar-refractivity contribution < 1.29 is 5.11 Å². The minimum atomic E-state index is -0.408. The van der Waals surface area contributed by atoms with Gasteiger partial charge in [0, 0.05) is 35.8 Å². The lowest BCUT2D eigenvalue weighted by atomic mass is 10.2. The molecule has 0 aliphatic carbocycles. The molecule has 3 nitrogen and oxygen atoms in total. The zero-order valence-electron chi connectivity index (χ0n) is 8.09. The highest BCUT2D eigenvalue weighted by Crippen LogP contribution is 2.32. The van der Waals surface area contributed by atoms with E-state index in [2.05, 4.69) is 5.10 Å². The third-order valence-electron chi connectivity index (χ3n) is 2.23. The standard InChI is InChI=1S/C9H14N2OS2/c1-11-3-2-7(10-11)9(12)8-6-13-4-5-14-8/h2-3,8-9,12H,4-6H2,1H3. The van der Waals surface area contributed by atoms with Crippen LogP contribution in [0.2, 0.25) is 0 Å². The average Bonchev–Trinajstić information content (AvgIpc) is 2.65. The van der Waals surface area contributed by atoms with Crippen molar-refractivity contribution in [2.24, 2.45) is 7.05 Å². The third kappa shape index (κ3) is 2.27. The van der Waals surface area contributed by atoms with Crippen LogP contribution in [0.15, 0.2) is 12.3 Å². The second-order valence-corrected chi connectivity index (χ2v) is 5.84. The fourth-order valence-electron chi connectivity index (χ4n) is 1.47. The molecule has 1 aliphatic heterocycles. The zero-order valence-corrected chi connectivity index (χ0v) is 9.72. The van der Waals surface area contributed by atoms with E-state index < -0.39 is 6.10 Å². The maximum atomic E-state index is 10.0. The molecule has 78 valence electrons. The van der Waals surface area contributed by atoms with Gasteiger partial charge < -0.3 is 5.11 Å². The van der Waals surface area contributed by atoms with Crippen molar-refractivity contribution in [1.29, 1.82) is 0 Å². The summed E-state index contributed by atoms with van der Waals surface area (Å²) in [6, 6.07) is 1.89. The first-order chi connectivity index (χ1) is 6.77. The van der Waals surface area contributed by atoms with Gasteiger partial charge in [0.1, 0.15) is 6.10 Å². The molecule has 5 heteroatoms. The van der Waals surface area contributed by atoms with Crippen LogP contribution in [0.4, 0.5) is 0 Å². The molecule has 0 bridgehead atoms. The van der Waals surface area contributed by atoms with E-state index in [9.17, 15) is 5.11 Å². The molecule has 14 heavy (non-hydrogen) atoms. The molecule has 2 rings (SSSR count). The molecule has 0 aromatic carbocycles. The van der Waals surface area contributed by atoms with Gasteiger partial charge in [-0.25, -0.2) is 0 Å². The predicted octanol–water partition coefficient (Wildman–Crippen LogP) is 1.30. The molecule has 1 aliphatic rings. The summed E-state index contributed by atoms with van der Waals surface area (Å²) in [4.78, 5) is 0. The molecule has 0 radical (unpaired) electrons. The molecule has 2 unspecified atom stereocenters. The van der Waals surface area contributed by atoms with Crippen LogP contribution in [0.5, 0.6) is 0 Å². The van der Waals surface area contributed by atoms with E-state index in [1.165, 1.54) is 5.75 Å². The molecule has 0 saturated carbocycles. The molecular formula is C9H14N2OS2. The summed E-state index contributed by atoms with van der Waals surface area (Å²) in [5.41, 5.74) is 0.799. The molecular weight excluding hydrogens is 216 g/mol. The van der Waals surface area contributed by atoms with Gasteiger partial charge in [0.25, 0.3) is 0 Å². The molecule has 0 spiro atoms. The highest BCUT2D eigenvalue weighted by atomic mass is 32.2. The Hall–Kier alpha value is -0.130. The fraction of sp³-hybridized carbons (Fsp3) is 0.667. The van der Waals surface area contributed by atoms with Crippen molar-refractivity contribution in [3.05, 3.63) is 18.0 Å². The van der Waals surface area contributed by atoms with Gasteiger partial charge >= 0.3 is 0 Å². The van der Waals surface area contributed by atoms with Gasteiger partial charge in [-0.1, -0.05) is 0 Å². The molecule has 1 fully saturated rings. The van der Waals surface area contributed by atoms with E-state index in [0.29, 0.717) is 5.25 Å². The molecule has 2 heterocycles. The largest absolute Gasteiger partial charge is 0.386 e. The maximum absolute atomic E-state index is 10.0. The Labute approximate surface area is 92.3 Å². The highest BCUT2D eigenvalue weighted by molar-refractivity contribution is 8.06. The maximum Gasteiger partial charge on any atom is 0.110 e. The minimum Gasteiger partial charge on any atom is -0.386 e. The van der Waals surface area contributed by atoms with Gasteiger partial charge in [0.15, 0.2) is 0 Å². The van der Waals surface area contributed by atoms with Crippen LogP contribution in [0, 0.1) is 0 Å². The molecule has 1 N–H and O–H groups in total. The lowest BCUT2D eigenvalue weighted by molar-refractivity contribution is 0.175. The van der Waals surface area contributed by atoms with Crippen molar-refractivity contribution in [1.82, 2.24) is 9.78 Å². The first kappa shape index (κ1) is 10.4. The van der Waals surface area contributed by atoms with Gasteiger partial charge in [-0.2, -0.15) is 28.6 Å². The minimum absolute atomic E-state index is 0.309. The topological polar surface area (TPSA) is 38.0 Å².